The molecule has 1 unspecified atom stereocenters. The molecule has 0 saturated heterocycles. The number of aliphatic hydroxyl groups is 1. The van der Waals surface area contributed by atoms with E-state index in [-0.39, 0.29) is 0 Å². The van der Waals surface area contributed by atoms with Crippen LogP contribution in [0.25, 0.3) is 22.3 Å². The predicted octanol–water partition coefficient (Wildman–Crippen LogP) is 6.50. The Balaban J connectivity index is 1.61. The molecular weight excluding hydrogens is 466 g/mol. The molecule has 1 aromatic heterocycles. The SMILES string of the molecule is COc1ccc(-c2oc3cc(C=O)ccc3c2C(O)c2ccc(OCCN(C(C)C)C(C)C)cc2)cc1. The van der Waals surface area contributed by atoms with Crippen molar-refractivity contribution in [1.29, 1.82) is 0 Å². The Labute approximate surface area is 218 Å². The molecule has 0 bridgehead atoms. The molecule has 6 nitrogen and oxygen atoms in total. The number of rotatable bonds is 11. The van der Waals surface area contributed by atoms with Gasteiger partial charge in [0.25, 0.3) is 0 Å². The summed E-state index contributed by atoms with van der Waals surface area (Å²) in [5.74, 6) is 2.04. The minimum absolute atomic E-state index is 0.452. The van der Waals surface area contributed by atoms with Crippen molar-refractivity contribution < 1.29 is 23.8 Å². The Kier molecular flexibility index (Phi) is 8.31. The van der Waals surface area contributed by atoms with E-state index in [1.807, 2.05) is 54.6 Å². The first kappa shape index (κ1) is 26.5. The van der Waals surface area contributed by atoms with Crippen LogP contribution in [0.3, 0.4) is 0 Å². The van der Waals surface area contributed by atoms with Crippen molar-refractivity contribution in [3.8, 4) is 22.8 Å². The number of aldehydes is 1. The number of nitrogens with zero attached hydrogens (tertiary/aromatic N) is 1. The smallest absolute Gasteiger partial charge is 0.150 e. The lowest BCUT2D eigenvalue weighted by molar-refractivity contribution is 0.112. The van der Waals surface area contributed by atoms with E-state index in [1.165, 1.54) is 0 Å². The zero-order valence-electron chi connectivity index (χ0n) is 22.1. The third kappa shape index (κ3) is 5.87. The Bertz CT molecular complexity index is 1310. The molecule has 4 aromatic rings. The van der Waals surface area contributed by atoms with Gasteiger partial charge in [0, 0.05) is 40.7 Å². The van der Waals surface area contributed by atoms with Crippen LogP contribution in [0.5, 0.6) is 11.5 Å². The molecule has 6 heteroatoms. The standard InChI is InChI=1S/C31H35NO5/c1-20(2)32(21(3)4)16-17-36-26-13-7-23(8-14-26)30(34)29-27-15-6-22(19-33)18-28(27)37-31(29)24-9-11-25(35-5)12-10-24/h6-15,18-21,30,34H,16-17H2,1-5H3. The lowest BCUT2D eigenvalue weighted by Crippen LogP contribution is -2.39. The number of hydrogen-bond donors (Lipinski definition) is 1. The van der Waals surface area contributed by atoms with E-state index >= 15 is 0 Å². The predicted molar refractivity (Wildman–Crippen MR) is 147 cm³/mol. The van der Waals surface area contributed by atoms with Crippen molar-refractivity contribution >= 4 is 17.3 Å². The van der Waals surface area contributed by atoms with E-state index < -0.39 is 6.10 Å². The summed E-state index contributed by atoms with van der Waals surface area (Å²) in [6, 6.07) is 21.1. The Morgan fingerprint density at radius 3 is 2.16 bits per heavy atom. The van der Waals surface area contributed by atoms with Crippen LogP contribution in [0.2, 0.25) is 0 Å². The Morgan fingerprint density at radius 1 is 0.919 bits per heavy atom. The third-order valence-corrected chi connectivity index (χ3v) is 6.65. The molecule has 37 heavy (non-hydrogen) atoms. The highest BCUT2D eigenvalue weighted by Crippen LogP contribution is 2.40. The second-order valence-electron chi connectivity index (χ2n) is 9.69. The van der Waals surface area contributed by atoms with E-state index in [4.69, 9.17) is 13.9 Å². The topological polar surface area (TPSA) is 72.1 Å². The van der Waals surface area contributed by atoms with Crippen LogP contribution in [0.4, 0.5) is 0 Å². The average molecular weight is 502 g/mol. The molecule has 0 aliphatic carbocycles. The van der Waals surface area contributed by atoms with Gasteiger partial charge in [-0.05, 0) is 81.8 Å². The van der Waals surface area contributed by atoms with E-state index in [0.717, 1.165) is 40.8 Å². The first-order valence-electron chi connectivity index (χ1n) is 12.6. The van der Waals surface area contributed by atoms with Crippen LogP contribution in [0, 0.1) is 0 Å². The quantitative estimate of drug-likeness (QED) is 0.237. The lowest BCUT2D eigenvalue weighted by atomic mass is 9.95. The molecule has 0 amide bonds. The van der Waals surface area contributed by atoms with E-state index in [2.05, 4.69) is 32.6 Å². The van der Waals surface area contributed by atoms with Gasteiger partial charge in [-0.15, -0.1) is 0 Å². The van der Waals surface area contributed by atoms with Crippen molar-refractivity contribution in [3.63, 3.8) is 0 Å². The monoisotopic (exact) mass is 501 g/mol. The summed E-state index contributed by atoms with van der Waals surface area (Å²) in [7, 11) is 1.62. The third-order valence-electron chi connectivity index (χ3n) is 6.65. The highest BCUT2D eigenvalue weighted by molar-refractivity contribution is 5.92. The van der Waals surface area contributed by atoms with Gasteiger partial charge in [-0.2, -0.15) is 0 Å². The molecule has 0 aliphatic rings. The molecule has 1 N–H and O–H groups in total. The van der Waals surface area contributed by atoms with Crippen molar-refractivity contribution in [3.05, 3.63) is 83.4 Å². The van der Waals surface area contributed by atoms with Crippen molar-refractivity contribution in [2.45, 2.75) is 45.9 Å². The molecule has 0 aliphatic heterocycles. The van der Waals surface area contributed by atoms with Gasteiger partial charge in [0.2, 0.25) is 0 Å². The molecule has 4 rings (SSSR count). The van der Waals surface area contributed by atoms with Gasteiger partial charge in [-0.1, -0.05) is 18.2 Å². The fourth-order valence-electron chi connectivity index (χ4n) is 4.73. The van der Waals surface area contributed by atoms with Gasteiger partial charge in [-0.3, -0.25) is 9.69 Å². The number of furan rings is 1. The molecule has 0 spiro atoms. The van der Waals surface area contributed by atoms with Crippen molar-refractivity contribution in [1.82, 2.24) is 4.90 Å². The zero-order chi connectivity index (χ0) is 26.5. The Hall–Kier alpha value is -3.61. The average Bonchev–Trinajstić information content (AvgIpc) is 3.29. The molecular formula is C31H35NO5. The van der Waals surface area contributed by atoms with Gasteiger partial charge >= 0.3 is 0 Å². The molecule has 0 fully saturated rings. The number of benzene rings is 3. The van der Waals surface area contributed by atoms with Gasteiger partial charge in [0.05, 0.1) is 7.11 Å². The maximum absolute atomic E-state index is 11.5. The van der Waals surface area contributed by atoms with Gasteiger partial charge in [0.1, 0.15) is 41.8 Å². The van der Waals surface area contributed by atoms with E-state index in [9.17, 15) is 9.90 Å². The van der Waals surface area contributed by atoms with Gasteiger partial charge < -0.3 is 19.0 Å². The van der Waals surface area contributed by atoms with Crippen LogP contribution in [-0.4, -0.2) is 48.6 Å². The molecule has 0 saturated carbocycles. The highest BCUT2D eigenvalue weighted by atomic mass is 16.5. The second-order valence-corrected chi connectivity index (χ2v) is 9.69. The summed E-state index contributed by atoms with van der Waals surface area (Å²) in [5, 5.41) is 12.3. The summed E-state index contributed by atoms with van der Waals surface area (Å²) < 4.78 is 17.5. The fourth-order valence-corrected chi connectivity index (χ4v) is 4.73. The molecule has 1 atom stereocenters. The summed E-state index contributed by atoms with van der Waals surface area (Å²) in [5.41, 5.74) is 3.23. The minimum Gasteiger partial charge on any atom is -0.497 e. The first-order valence-corrected chi connectivity index (χ1v) is 12.6. The zero-order valence-corrected chi connectivity index (χ0v) is 22.1. The maximum atomic E-state index is 11.5. The molecule has 1 heterocycles. The highest BCUT2D eigenvalue weighted by Gasteiger charge is 2.24. The van der Waals surface area contributed by atoms with Gasteiger partial charge in [-0.25, -0.2) is 0 Å². The van der Waals surface area contributed by atoms with Crippen LogP contribution in [0.15, 0.2) is 71.1 Å². The normalized spacial score (nSPS) is 12.5. The van der Waals surface area contributed by atoms with Crippen LogP contribution < -0.4 is 9.47 Å². The van der Waals surface area contributed by atoms with Crippen LogP contribution in [0.1, 0.15) is 55.3 Å². The Morgan fingerprint density at radius 2 is 1.57 bits per heavy atom. The molecule has 0 radical (unpaired) electrons. The number of ether oxygens (including phenoxy) is 2. The molecule has 194 valence electrons. The second kappa shape index (κ2) is 11.6. The van der Waals surface area contributed by atoms with Crippen molar-refractivity contribution in [2.24, 2.45) is 0 Å². The largest absolute Gasteiger partial charge is 0.497 e. The first-order chi connectivity index (χ1) is 17.8. The maximum Gasteiger partial charge on any atom is 0.150 e. The fraction of sp³-hybridized carbons (Fsp3) is 0.323. The van der Waals surface area contributed by atoms with Gasteiger partial charge in [0.15, 0.2) is 0 Å². The minimum atomic E-state index is -0.938. The van der Waals surface area contributed by atoms with Crippen molar-refractivity contribution in [2.75, 3.05) is 20.3 Å². The summed E-state index contributed by atoms with van der Waals surface area (Å²) in [6.45, 7) is 10.2. The van der Waals surface area contributed by atoms with E-state index in [0.29, 0.717) is 41.2 Å². The number of carbonyl (C=O) groups excluding carboxylic acids is 1. The van der Waals surface area contributed by atoms with Crippen LogP contribution in [-0.2, 0) is 0 Å². The summed E-state index contributed by atoms with van der Waals surface area (Å²) >= 11 is 0. The number of aliphatic hydroxyl groups excluding tert-OH is 1. The van der Waals surface area contributed by atoms with E-state index in [1.54, 1.807) is 19.2 Å². The summed E-state index contributed by atoms with van der Waals surface area (Å²) in [6.07, 6.45) is -0.155. The molecule has 3 aromatic carbocycles. The number of hydrogen-bond acceptors (Lipinski definition) is 6. The lowest BCUT2D eigenvalue weighted by Gasteiger charge is -2.30. The number of methoxy groups -OCH3 is 1. The summed E-state index contributed by atoms with van der Waals surface area (Å²) in [4.78, 5) is 13.7. The van der Waals surface area contributed by atoms with Crippen LogP contribution >= 0.6 is 0 Å². The number of fused-ring (bicyclic) bond motifs is 1. The number of carbonyl (C=O) groups is 1.